The van der Waals surface area contributed by atoms with Gasteiger partial charge in [0.05, 0.1) is 10.5 Å². The Morgan fingerprint density at radius 2 is 1.63 bits per heavy atom. The minimum absolute atomic E-state index is 0.0384. The molecule has 3 rings (SSSR count). The second-order valence-electron chi connectivity index (χ2n) is 8.47. The minimum Gasteiger partial charge on any atom is -0.444 e. The van der Waals surface area contributed by atoms with E-state index in [1.807, 2.05) is 30.3 Å². The van der Waals surface area contributed by atoms with Crippen LogP contribution in [0.15, 0.2) is 71.9 Å². The van der Waals surface area contributed by atoms with Crippen LogP contribution in [0, 0.1) is 0 Å². The molecule has 1 aromatic heterocycles. The Hall–Kier alpha value is -3.83. The van der Waals surface area contributed by atoms with Gasteiger partial charge in [0.2, 0.25) is 10.0 Å². The number of sulfonamides is 1. The van der Waals surface area contributed by atoms with Gasteiger partial charge in [-0.3, -0.25) is 4.79 Å². The Morgan fingerprint density at radius 3 is 2.29 bits per heavy atom. The zero-order valence-corrected chi connectivity index (χ0v) is 20.4. The van der Waals surface area contributed by atoms with Gasteiger partial charge >= 0.3 is 6.09 Å². The molecule has 0 aliphatic carbocycles. The van der Waals surface area contributed by atoms with E-state index >= 15 is 0 Å². The molecule has 0 unspecified atom stereocenters. The molecule has 0 bridgehead atoms. The monoisotopic (exact) mass is 497 g/mol. The van der Waals surface area contributed by atoms with E-state index in [2.05, 4.69) is 25.3 Å². The Kier molecular flexibility index (Phi) is 8.15. The van der Waals surface area contributed by atoms with Gasteiger partial charge in [-0.15, -0.1) is 0 Å². The number of hydrogen-bond acceptors (Lipinski definition) is 7. The molecular weight excluding hydrogens is 470 g/mol. The van der Waals surface area contributed by atoms with Crippen molar-refractivity contribution in [1.82, 2.24) is 20.0 Å². The summed E-state index contributed by atoms with van der Waals surface area (Å²) in [6.07, 6.45) is 2.18. The van der Waals surface area contributed by atoms with Crippen molar-refractivity contribution in [3.05, 3.63) is 72.6 Å². The summed E-state index contributed by atoms with van der Waals surface area (Å²) < 4.78 is 32.7. The summed E-state index contributed by atoms with van der Waals surface area (Å²) in [6.45, 7) is 5.20. The van der Waals surface area contributed by atoms with Crippen LogP contribution >= 0.6 is 0 Å². The van der Waals surface area contributed by atoms with Crippen LogP contribution in [0.1, 0.15) is 31.1 Å². The summed E-state index contributed by atoms with van der Waals surface area (Å²) in [5.74, 6) is 0.0103. The van der Waals surface area contributed by atoms with Crippen LogP contribution < -0.4 is 15.4 Å². The second-order valence-corrected chi connectivity index (χ2v) is 10.2. The average Bonchev–Trinajstić information content (AvgIpc) is 2.82. The largest absolute Gasteiger partial charge is 0.444 e. The van der Waals surface area contributed by atoms with Gasteiger partial charge in [0.1, 0.15) is 5.60 Å². The lowest BCUT2D eigenvalue weighted by Gasteiger charge is -2.19. The highest BCUT2D eigenvalue weighted by atomic mass is 32.2. The van der Waals surface area contributed by atoms with Gasteiger partial charge in [0, 0.05) is 36.7 Å². The van der Waals surface area contributed by atoms with E-state index in [1.54, 1.807) is 26.8 Å². The highest BCUT2D eigenvalue weighted by Gasteiger charge is 2.17. The van der Waals surface area contributed by atoms with Gasteiger partial charge in [-0.25, -0.2) is 27.9 Å². The molecule has 0 saturated heterocycles. The first-order valence-electron chi connectivity index (χ1n) is 10.8. The van der Waals surface area contributed by atoms with Gasteiger partial charge in [-0.05, 0) is 39.0 Å². The van der Waals surface area contributed by atoms with Crippen LogP contribution in [-0.4, -0.2) is 49.1 Å². The Balaban J connectivity index is 1.58. The molecule has 2 aromatic carbocycles. The number of nitrogens with one attached hydrogen (secondary N) is 3. The van der Waals surface area contributed by atoms with E-state index in [1.165, 1.54) is 30.6 Å². The maximum atomic E-state index is 12.6. The second kappa shape index (κ2) is 11.1. The molecule has 0 spiro atoms. The SMILES string of the molecule is CC(C)(C)OC(=O)NCCNS(=O)(=O)c1cccc(NC(=O)c2cnc(-c3ccccc3)nc2)c1. The highest BCUT2D eigenvalue weighted by Crippen LogP contribution is 2.17. The molecule has 35 heavy (non-hydrogen) atoms. The summed E-state index contributed by atoms with van der Waals surface area (Å²) >= 11 is 0. The van der Waals surface area contributed by atoms with Gasteiger partial charge < -0.3 is 15.4 Å². The number of nitrogens with zero attached hydrogens (tertiary/aromatic N) is 2. The highest BCUT2D eigenvalue weighted by molar-refractivity contribution is 7.89. The first-order valence-corrected chi connectivity index (χ1v) is 12.3. The van der Waals surface area contributed by atoms with E-state index in [9.17, 15) is 18.0 Å². The lowest BCUT2D eigenvalue weighted by atomic mass is 10.2. The predicted molar refractivity (Wildman–Crippen MR) is 131 cm³/mol. The van der Waals surface area contributed by atoms with Crippen molar-refractivity contribution < 1.29 is 22.7 Å². The number of rotatable bonds is 8. The number of amides is 2. The Bertz CT molecular complexity index is 1270. The summed E-state index contributed by atoms with van der Waals surface area (Å²) in [5.41, 5.74) is 0.692. The molecule has 0 aliphatic rings. The van der Waals surface area contributed by atoms with Crippen LogP contribution in [0.25, 0.3) is 11.4 Å². The van der Waals surface area contributed by atoms with Gasteiger partial charge in [0.25, 0.3) is 5.91 Å². The summed E-state index contributed by atoms with van der Waals surface area (Å²) in [7, 11) is -3.87. The van der Waals surface area contributed by atoms with Gasteiger partial charge in [0.15, 0.2) is 5.82 Å². The molecule has 3 N–H and O–H groups in total. The lowest BCUT2D eigenvalue weighted by Crippen LogP contribution is -2.37. The molecule has 3 aromatic rings. The maximum Gasteiger partial charge on any atom is 0.407 e. The van der Waals surface area contributed by atoms with Crippen molar-refractivity contribution in [2.45, 2.75) is 31.3 Å². The number of carbonyl (C=O) groups excluding carboxylic acids is 2. The number of ether oxygens (including phenoxy) is 1. The van der Waals surface area contributed by atoms with E-state index in [0.29, 0.717) is 5.82 Å². The molecule has 0 atom stereocenters. The quantitative estimate of drug-likeness (QED) is 0.406. The molecule has 184 valence electrons. The molecule has 1 heterocycles. The van der Waals surface area contributed by atoms with Gasteiger partial charge in [-0.1, -0.05) is 36.4 Å². The topological polar surface area (TPSA) is 139 Å². The number of hydrogen-bond donors (Lipinski definition) is 3. The first-order chi connectivity index (χ1) is 16.5. The molecule has 11 heteroatoms. The number of benzene rings is 2. The van der Waals surface area contributed by atoms with E-state index in [-0.39, 0.29) is 29.2 Å². The summed E-state index contributed by atoms with van der Waals surface area (Å²) in [4.78, 5) is 32.6. The van der Waals surface area contributed by atoms with Crippen LogP contribution in [0.2, 0.25) is 0 Å². The molecular formula is C24H27N5O5S. The number of aromatic nitrogens is 2. The number of anilines is 1. The summed E-state index contributed by atoms with van der Waals surface area (Å²) in [5, 5.41) is 5.13. The van der Waals surface area contributed by atoms with Crippen LogP contribution in [0.5, 0.6) is 0 Å². The van der Waals surface area contributed by atoms with Crippen molar-refractivity contribution >= 4 is 27.7 Å². The van der Waals surface area contributed by atoms with Crippen LogP contribution in [0.4, 0.5) is 10.5 Å². The van der Waals surface area contributed by atoms with Gasteiger partial charge in [-0.2, -0.15) is 0 Å². The molecule has 0 saturated carbocycles. The molecule has 2 amide bonds. The third kappa shape index (κ3) is 7.87. The van der Waals surface area contributed by atoms with Crippen LogP contribution in [0.3, 0.4) is 0 Å². The van der Waals surface area contributed by atoms with Crippen molar-refractivity contribution in [2.75, 3.05) is 18.4 Å². The molecule has 0 aliphatic heterocycles. The van der Waals surface area contributed by atoms with Crippen LogP contribution in [-0.2, 0) is 14.8 Å². The average molecular weight is 498 g/mol. The van der Waals surface area contributed by atoms with Crippen molar-refractivity contribution in [3.63, 3.8) is 0 Å². The number of carbonyl (C=O) groups is 2. The van der Waals surface area contributed by atoms with E-state index in [4.69, 9.17) is 4.74 Å². The predicted octanol–water partition coefficient (Wildman–Crippen LogP) is 3.20. The fourth-order valence-electron chi connectivity index (χ4n) is 2.87. The summed E-state index contributed by atoms with van der Waals surface area (Å²) in [6, 6.07) is 15.2. The van der Waals surface area contributed by atoms with E-state index in [0.717, 1.165) is 5.56 Å². The minimum atomic E-state index is -3.87. The van der Waals surface area contributed by atoms with Crippen molar-refractivity contribution in [2.24, 2.45) is 0 Å². The van der Waals surface area contributed by atoms with Crippen molar-refractivity contribution in [1.29, 1.82) is 0 Å². The smallest absolute Gasteiger partial charge is 0.407 e. The van der Waals surface area contributed by atoms with E-state index < -0.39 is 27.6 Å². The molecule has 10 nitrogen and oxygen atoms in total. The lowest BCUT2D eigenvalue weighted by molar-refractivity contribution is 0.0528. The number of alkyl carbamates (subject to hydrolysis) is 1. The third-order valence-electron chi connectivity index (χ3n) is 4.43. The molecule has 0 radical (unpaired) electrons. The normalized spacial score (nSPS) is 11.5. The van der Waals surface area contributed by atoms with Crippen molar-refractivity contribution in [3.8, 4) is 11.4 Å². The molecule has 0 fully saturated rings. The zero-order valence-electron chi connectivity index (χ0n) is 19.6. The Morgan fingerprint density at radius 1 is 0.943 bits per heavy atom. The Labute approximate surface area is 204 Å². The fourth-order valence-corrected chi connectivity index (χ4v) is 3.95. The maximum absolute atomic E-state index is 12.6. The third-order valence-corrected chi connectivity index (χ3v) is 5.89. The zero-order chi connectivity index (χ0) is 25.5. The fraction of sp³-hybridized carbons (Fsp3) is 0.250. The standard InChI is InChI=1S/C24H27N5O5S/c1-24(2,3)34-23(31)25-12-13-28-35(32,33)20-11-7-10-19(14-20)29-22(30)18-15-26-21(27-16-18)17-8-5-4-6-9-17/h4-11,14-16,28H,12-13H2,1-3H3,(H,25,31)(H,29,30). The first kappa shape index (κ1) is 25.8.